The second kappa shape index (κ2) is 8.42. The Morgan fingerprint density at radius 2 is 2.04 bits per heavy atom. The number of hydrogen-bond acceptors (Lipinski definition) is 5. The van der Waals surface area contributed by atoms with Crippen LogP contribution in [0.1, 0.15) is 21.8 Å². The number of imidazole rings is 1. The summed E-state index contributed by atoms with van der Waals surface area (Å²) in [6, 6.07) is 5.39. The molecule has 3 aromatic rings. The minimum absolute atomic E-state index is 0.275. The topological polar surface area (TPSA) is 69.0 Å². The highest BCUT2D eigenvalue weighted by atomic mass is 32.1. The van der Waals surface area contributed by atoms with Crippen LogP contribution in [0.5, 0.6) is 5.75 Å². The van der Waals surface area contributed by atoms with Gasteiger partial charge in [0, 0.05) is 35.9 Å². The molecule has 0 atom stereocenters. The van der Waals surface area contributed by atoms with Crippen LogP contribution in [-0.4, -0.2) is 33.3 Å². The van der Waals surface area contributed by atoms with E-state index < -0.39 is 6.36 Å². The summed E-state index contributed by atoms with van der Waals surface area (Å²) in [4.78, 5) is 21.4. The van der Waals surface area contributed by atoms with E-state index in [0.29, 0.717) is 22.8 Å². The third-order valence-corrected chi connectivity index (χ3v) is 4.80. The first kappa shape index (κ1) is 19.9. The lowest BCUT2D eigenvalue weighted by molar-refractivity contribution is -0.274. The summed E-state index contributed by atoms with van der Waals surface area (Å²) in [6.45, 7) is 3.02. The summed E-state index contributed by atoms with van der Waals surface area (Å²) in [6.07, 6.45) is 1.27. The molecule has 0 fully saturated rings. The van der Waals surface area contributed by atoms with Crippen LogP contribution < -0.4 is 10.1 Å². The molecule has 0 aliphatic carbocycles. The lowest BCUT2D eigenvalue weighted by atomic mass is 10.2. The van der Waals surface area contributed by atoms with Crippen molar-refractivity contribution in [1.29, 1.82) is 0 Å². The number of amides is 1. The molecule has 1 N–H and O–H groups in total. The minimum Gasteiger partial charge on any atom is -0.406 e. The number of aryl methyl sites for hydroxylation is 2. The second-order valence-corrected chi connectivity index (χ2v) is 7.11. The lowest BCUT2D eigenvalue weighted by Gasteiger charge is -2.08. The highest BCUT2D eigenvalue weighted by Gasteiger charge is 2.31. The monoisotopic (exact) mass is 410 g/mol. The van der Waals surface area contributed by atoms with Gasteiger partial charge in [0.05, 0.1) is 6.33 Å². The molecule has 148 valence electrons. The first-order chi connectivity index (χ1) is 13.3. The van der Waals surface area contributed by atoms with Crippen molar-refractivity contribution in [1.82, 2.24) is 19.9 Å². The van der Waals surface area contributed by atoms with E-state index >= 15 is 0 Å². The van der Waals surface area contributed by atoms with Crippen LogP contribution in [0.25, 0.3) is 10.6 Å². The maximum Gasteiger partial charge on any atom is 0.573 e. The van der Waals surface area contributed by atoms with Gasteiger partial charge in [-0.15, -0.1) is 24.5 Å². The summed E-state index contributed by atoms with van der Waals surface area (Å²) in [5, 5.41) is 3.38. The number of carbonyl (C=O) groups excluding carboxylic acids is 1. The number of nitrogens with one attached hydrogen (secondary N) is 1. The van der Waals surface area contributed by atoms with Crippen molar-refractivity contribution in [2.75, 3.05) is 6.54 Å². The van der Waals surface area contributed by atoms with E-state index in [-0.39, 0.29) is 11.7 Å². The number of aromatic nitrogens is 3. The normalized spacial score (nSPS) is 11.4. The SMILES string of the molecule is Cc1sc(-c2ccc(OC(F)(F)F)cc2)nc1C(=O)NCCCn1ccnc1. The molecule has 0 saturated carbocycles. The van der Waals surface area contributed by atoms with Crippen LogP contribution in [0.4, 0.5) is 13.2 Å². The molecule has 2 heterocycles. The molecule has 0 radical (unpaired) electrons. The lowest BCUT2D eigenvalue weighted by Crippen LogP contribution is -2.26. The van der Waals surface area contributed by atoms with Gasteiger partial charge < -0.3 is 14.6 Å². The third-order valence-electron chi connectivity index (χ3n) is 3.78. The maximum absolute atomic E-state index is 12.4. The Balaban J connectivity index is 1.59. The van der Waals surface area contributed by atoms with Gasteiger partial charge in [-0.25, -0.2) is 9.97 Å². The van der Waals surface area contributed by atoms with Crippen LogP contribution in [-0.2, 0) is 6.54 Å². The van der Waals surface area contributed by atoms with Crippen molar-refractivity contribution in [2.24, 2.45) is 0 Å². The number of nitrogens with zero attached hydrogens (tertiary/aromatic N) is 3. The molecular formula is C18H17F3N4O2S. The van der Waals surface area contributed by atoms with Gasteiger partial charge in [0.15, 0.2) is 0 Å². The number of halogens is 3. The average Bonchev–Trinajstić information content (AvgIpc) is 3.27. The first-order valence-corrected chi connectivity index (χ1v) is 9.21. The van der Waals surface area contributed by atoms with Crippen LogP contribution in [0, 0.1) is 6.92 Å². The van der Waals surface area contributed by atoms with Crippen molar-refractivity contribution in [3.8, 4) is 16.3 Å². The van der Waals surface area contributed by atoms with Gasteiger partial charge >= 0.3 is 6.36 Å². The number of ether oxygens (including phenoxy) is 1. The second-order valence-electron chi connectivity index (χ2n) is 5.91. The zero-order chi connectivity index (χ0) is 20.1. The van der Waals surface area contributed by atoms with Gasteiger partial charge in [-0.3, -0.25) is 4.79 Å². The van der Waals surface area contributed by atoms with Gasteiger partial charge in [-0.2, -0.15) is 0 Å². The zero-order valence-electron chi connectivity index (χ0n) is 14.9. The number of hydrogen-bond donors (Lipinski definition) is 1. The standard InChI is InChI=1S/C18H17F3N4O2S/c1-12-15(16(26)23-7-2-9-25-10-8-22-11-25)24-17(28-12)13-3-5-14(6-4-13)27-18(19,20)21/h3-6,8,10-11H,2,7,9H2,1H3,(H,23,26). The largest absolute Gasteiger partial charge is 0.573 e. The Hall–Kier alpha value is -2.88. The fourth-order valence-corrected chi connectivity index (χ4v) is 3.41. The number of carbonyl (C=O) groups is 1. The number of rotatable bonds is 7. The Labute approximate surface area is 163 Å². The fourth-order valence-electron chi connectivity index (χ4n) is 2.50. The van der Waals surface area contributed by atoms with Gasteiger partial charge in [0.2, 0.25) is 0 Å². The van der Waals surface area contributed by atoms with Crippen molar-refractivity contribution in [2.45, 2.75) is 26.3 Å². The van der Waals surface area contributed by atoms with Crippen molar-refractivity contribution >= 4 is 17.2 Å². The van der Waals surface area contributed by atoms with E-state index in [1.807, 2.05) is 10.8 Å². The molecule has 6 nitrogen and oxygen atoms in total. The molecule has 28 heavy (non-hydrogen) atoms. The van der Waals surface area contributed by atoms with Gasteiger partial charge in [-0.05, 0) is 37.6 Å². The maximum atomic E-state index is 12.4. The van der Waals surface area contributed by atoms with E-state index in [1.54, 1.807) is 19.4 Å². The summed E-state index contributed by atoms with van der Waals surface area (Å²) in [7, 11) is 0. The molecule has 0 unspecified atom stereocenters. The van der Waals surface area contributed by atoms with Crippen LogP contribution in [0.3, 0.4) is 0 Å². The van der Waals surface area contributed by atoms with Gasteiger partial charge in [0.25, 0.3) is 5.91 Å². The van der Waals surface area contributed by atoms with E-state index in [1.165, 1.54) is 35.6 Å². The van der Waals surface area contributed by atoms with Crippen LogP contribution in [0.2, 0.25) is 0 Å². The number of alkyl halides is 3. The molecular weight excluding hydrogens is 393 g/mol. The van der Waals surface area contributed by atoms with Crippen molar-refractivity contribution in [3.63, 3.8) is 0 Å². The van der Waals surface area contributed by atoms with E-state index in [9.17, 15) is 18.0 Å². The molecule has 10 heteroatoms. The average molecular weight is 410 g/mol. The molecule has 1 amide bonds. The summed E-state index contributed by atoms with van der Waals surface area (Å²) in [5.74, 6) is -0.581. The summed E-state index contributed by atoms with van der Waals surface area (Å²) >= 11 is 1.30. The Morgan fingerprint density at radius 1 is 1.29 bits per heavy atom. The van der Waals surface area contributed by atoms with Crippen molar-refractivity contribution < 1.29 is 22.7 Å². The smallest absolute Gasteiger partial charge is 0.406 e. The highest BCUT2D eigenvalue weighted by molar-refractivity contribution is 7.15. The number of benzene rings is 1. The van der Waals surface area contributed by atoms with E-state index in [2.05, 4.69) is 20.0 Å². The molecule has 0 aliphatic heterocycles. The molecule has 0 bridgehead atoms. The number of thiazole rings is 1. The molecule has 0 saturated heterocycles. The van der Waals surface area contributed by atoms with Gasteiger partial charge in [0.1, 0.15) is 16.5 Å². The minimum atomic E-state index is -4.73. The summed E-state index contributed by atoms with van der Waals surface area (Å²) < 4.78 is 42.5. The fraction of sp³-hybridized carbons (Fsp3) is 0.278. The third kappa shape index (κ3) is 5.32. The predicted molar refractivity (Wildman–Crippen MR) is 98.1 cm³/mol. The molecule has 3 rings (SSSR count). The van der Waals surface area contributed by atoms with Gasteiger partial charge in [-0.1, -0.05) is 0 Å². The zero-order valence-corrected chi connectivity index (χ0v) is 15.7. The predicted octanol–water partition coefficient (Wildman–Crippen LogP) is 4.03. The highest BCUT2D eigenvalue weighted by Crippen LogP contribution is 2.30. The van der Waals surface area contributed by atoms with Crippen LogP contribution >= 0.6 is 11.3 Å². The Morgan fingerprint density at radius 3 is 2.68 bits per heavy atom. The first-order valence-electron chi connectivity index (χ1n) is 8.39. The Bertz CT molecular complexity index is 921. The molecule has 1 aromatic carbocycles. The van der Waals surface area contributed by atoms with E-state index in [4.69, 9.17) is 0 Å². The van der Waals surface area contributed by atoms with E-state index in [0.717, 1.165) is 17.8 Å². The molecule has 0 spiro atoms. The van der Waals surface area contributed by atoms with Crippen molar-refractivity contribution in [3.05, 3.63) is 53.6 Å². The quantitative estimate of drug-likeness (QED) is 0.597. The summed E-state index contributed by atoms with van der Waals surface area (Å²) in [5.41, 5.74) is 0.931. The molecule has 2 aromatic heterocycles. The Kier molecular flexibility index (Phi) is 5.98. The molecule has 0 aliphatic rings. The van der Waals surface area contributed by atoms with Crippen LogP contribution in [0.15, 0.2) is 43.0 Å².